The van der Waals surface area contributed by atoms with E-state index in [1.165, 1.54) is 12.1 Å². The van der Waals surface area contributed by atoms with Gasteiger partial charge in [-0.3, -0.25) is 0 Å². The lowest BCUT2D eigenvalue weighted by atomic mass is 10.3. The largest absolute Gasteiger partial charge is 0.411 e. The lowest BCUT2D eigenvalue weighted by Gasteiger charge is -2.12. The second kappa shape index (κ2) is 7.01. The summed E-state index contributed by atoms with van der Waals surface area (Å²) < 4.78 is 65.7. The van der Waals surface area contributed by atoms with E-state index in [1.807, 2.05) is 4.72 Å². The van der Waals surface area contributed by atoms with Crippen LogP contribution in [0.5, 0.6) is 0 Å². The zero-order chi connectivity index (χ0) is 16.3. The molecule has 0 spiro atoms. The number of nitrogen functional groups attached to an aromatic ring is 1. The molecular formula is C10H11Cl2F3N2O3S. The molecule has 5 nitrogen and oxygen atoms in total. The van der Waals surface area contributed by atoms with Gasteiger partial charge >= 0.3 is 6.18 Å². The number of hydrogen-bond acceptors (Lipinski definition) is 4. The molecule has 0 saturated carbocycles. The third-order valence-corrected chi connectivity index (χ3v) is 4.32. The first-order valence-electron chi connectivity index (χ1n) is 5.41. The summed E-state index contributed by atoms with van der Waals surface area (Å²) in [5.41, 5.74) is 5.36. The molecule has 0 saturated heterocycles. The van der Waals surface area contributed by atoms with Crippen molar-refractivity contribution in [2.45, 2.75) is 11.1 Å². The van der Waals surface area contributed by atoms with Gasteiger partial charge in [0.1, 0.15) is 11.5 Å². The molecule has 0 heterocycles. The minimum Gasteiger partial charge on any atom is -0.398 e. The maximum absolute atomic E-state index is 11.9. The Morgan fingerprint density at radius 3 is 2.43 bits per heavy atom. The fourth-order valence-electron chi connectivity index (χ4n) is 1.37. The molecule has 1 aromatic carbocycles. The highest BCUT2D eigenvalue weighted by atomic mass is 35.5. The predicted molar refractivity (Wildman–Crippen MR) is 72.9 cm³/mol. The minimum atomic E-state index is -4.47. The van der Waals surface area contributed by atoms with Crippen molar-refractivity contribution < 1.29 is 26.3 Å². The van der Waals surface area contributed by atoms with E-state index < -0.39 is 29.4 Å². The molecule has 0 bridgehead atoms. The van der Waals surface area contributed by atoms with Crippen molar-refractivity contribution in [1.82, 2.24) is 4.72 Å². The first kappa shape index (κ1) is 18.3. The zero-order valence-corrected chi connectivity index (χ0v) is 12.7. The van der Waals surface area contributed by atoms with Crippen LogP contribution in [0.15, 0.2) is 17.0 Å². The van der Waals surface area contributed by atoms with Crippen LogP contribution in [-0.2, 0) is 14.8 Å². The van der Waals surface area contributed by atoms with Crippen LogP contribution in [0.25, 0.3) is 0 Å². The van der Waals surface area contributed by atoms with E-state index in [2.05, 4.69) is 4.74 Å². The second-order valence-electron chi connectivity index (χ2n) is 3.87. The summed E-state index contributed by atoms with van der Waals surface area (Å²) in [4.78, 5) is -0.385. The van der Waals surface area contributed by atoms with Crippen molar-refractivity contribution in [3.63, 3.8) is 0 Å². The minimum absolute atomic E-state index is 0.157. The highest BCUT2D eigenvalue weighted by Gasteiger charge is 2.27. The van der Waals surface area contributed by atoms with Crippen molar-refractivity contribution in [1.29, 1.82) is 0 Å². The first-order chi connectivity index (χ1) is 9.53. The zero-order valence-electron chi connectivity index (χ0n) is 10.4. The molecule has 0 aliphatic rings. The number of nitrogens with two attached hydrogens (primary N) is 1. The van der Waals surface area contributed by atoms with Gasteiger partial charge in [-0.25, -0.2) is 13.1 Å². The summed E-state index contributed by atoms with van der Waals surface area (Å²) in [6.45, 7) is -2.28. The Morgan fingerprint density at radius 1 is 1.29 bits per heavy atom. The predicted octanol–water partition coefficient (Wildman–Crippen LogP) is 2.43. The smallest absolute Gasteiger partial charge is 0.398 e. The summed E-state index contributed by atoms with van der Waals surface area (Å²) in [5.74, 6) is 0. The fraction of sp³-hybridized carbons (Fsp3) is 0.400. The molecule has 21 heavy (non-hydrogen) atoms. The molecule has 0 aliphatic carbocycles. The fourth-order valence-corrected chi connectivity index (χ4v) is 3.37. The summed E-state index contributed by atoms with van der Waals surface area (Å²) >= 11 is 11.4. The van der Waals surface area contributed by atoms with Gasteiger partial charge in [-0.15, -0.1) is 0 Å². The average Bonchev–Trinajstić information content (AvgIpc) is 2.24. The number of hydrogen-bond donors (Lipinski definition) is 2. The van der Waals surface area contributed by atoms with Crippen LogP contribution in [-0.4, -0.2) is 34.4 Å². The van der Waals surface area contributed by atoms with E-state index in [4.69, 9.17) is 28.9 Å². The maximum Gasteiger partial charge on any atom is 0.411 e. The van der Waals surface area contributed by atoms with Crippen LogP contribution in [0.4, 0.5) is 18.9 Å². The molecule has 3 N–H and O–H groups in total. The molecule has 120 valence electrons. The van der Waals surface area contributed by atoms with Gasteiger partial charge in [-0.1, -0.05) is 23.2 Å². The molecular weight excluding hydrogens is 356 g/mol. The Morgan fingerprint density at radius 2 is 1.90 bits per heavy atom. The Labute approximate surface area is 129 Å². The molecule has 1 aromatic rings. The van der Waals surface area contributed by atoms with Gasteiger partial charge in [0, 0.05) is 11.6 Å². The van der Waals surface area contributed by atoms with Crippen molar-refractivity contribution >= 4 is 38.9 Å². The number of alkyl halides is 3. The van der Waals surface area contributed by atoms with Gasteiger partial charge in [0.15, 0.2) is 0 Å². The number of nitrogens with one attached hydrogen (secondary N) is 1. The van der Waals surface area contributed by atoms with Crippen LogP contribution in [0.3, 0.4) is 0 Å². The number of halogens is 5. The van der Waals surface area contributed by atoms with Gasteiger partial charge in [0.25, 0.3) is 0 Å². The van der Waals surface area contributed by atoms with Crippen LogP contribution in [0.1, 0.15) is 0 Å². The van der Waals surface area contributed by atoms with Crippen LogP contribution < -0.4 is 10.5 Å². The topological polar surface area (TPSA) is 81.4 Å². The number of rotatable bonds is 6. The lowest BCUT2D eigenvalue weighted by Crippen LogP contribution is -2.29. The van der Waals surface area contributed by atoms with E-state index in [0.29, 0.717) is 0 Å². The molecule has 11 heteroatoms. The quantitative estimate of drug-likeness (QED) is 0.598. The molecule has 0 radical (unpaired) electrons. The van der Waals surface area contributed by atoms with Crippen molar-refractivity contribution in [3.05, 3.63) is 22.2 Å². The summed E-state index contributed by atoms with van der Waals surface area (Å²) in [6, 6.07) is 2.39. The van der Waals surface area contributed by atoms with Crippen LogP contribution in [0.2, 0.25) is 10.0 Å². The van der Waals surface area contributed by atoms with Gasteiger partial charge < -0.3 is 10.5 Å². The molecule has 0 amide bonds. The maximum atomic E-state index is 11.9. The van der Waals surface area contributed by atoms with Gasteiger partial charge in [-0.05, 0) is 12.1 Å². The molecule has 1 rings (SSSR count). The Bertz CT molecular complexity index is 585. The lowest BCUT2D eigenvalue weighted by molar-refractivity contribution is -0.173. The molecule has 0 fully saturated rings. The first-order valence-corrected chi connectivity index (χ1v) is 7.65. The molecule has 0 aliphatic heterocycles. The van der Waals surface area contributed by atoms with Gasteiger partial charge in [0.2, 0.25) is 10.0 Å². The van der Waals surface area contributed by atoms with E-state index in [-0.39, 0.29) is 27.2 Å². The van der Waals surface area contributed by atoms with E-state index in [9.17, 15) is 21.6 Å². The highest BCUT2D eigenvalue weighted by Crippen LogP contribution is 2.30. The average molecular weight is 367 g/mol. The molecule has 0 atom stereocenters. The van der Waals surface area contributed by atoms with Crippen molar-refractivity contribution in [2.75, 3.05) is 25.5 Å². The molecule has 0 aromatic heterocycles. The number of benzene rings is 1. The third kappa shape index (κ3) is 5.87. The highest BCUT2D eigenvalue weighted by molar-refractivity contribution is 7.89. The molecule has 0 unspecified atom stereocenters. The van der Waals surface area contributed by atoms with E-state index in [0.717, 1.165) is 0 Å². The van der Waals surface area contributed by atoms with Crippen molar-refractivity contribution in [2.24, 2.45) is 0 Å². The summed E-state index contributed by atoms with van der Waals surface area (Å²) in [6.07, 6.45) is -4.47. The Balaban J connectivity index is 2.67. The summed E-state index contributed by atoms with van der Waals surface area (Å²) in [5, 5.41) is -0.0336. The summed E-state index contributed by atoms with van der Waals surface area (Å²) in [7, 11) is -4.08. The SMILES string of the molecule is Nc1cc(Cl)cc(Cl)c1S(=O)(=O)NCCOCC(F)(F)F. The van der Waals surface area contributed by atoms with E-state index in [1.54, 1.807) is 0 Å². The monoisotopic (exact) mass is 366 g/mol. The number of ether oxygens (including phenoxy) is 1. The standard InChI is InChI=1S/C10H11Cl2F3N2O3S/c11-6-3-7(12)9(8(16)4-6)21(18,19)17-1-2-20-5-10(13,14)15/h3-4,17H,1-2,5,16H2. The third-order valence-electron chi connectivity index (χ3n) is 2.11. The Hall–Kier alpha value is -0.740. The van der Waals surface area contributed by atoms with Gasteiger partial charge in [0.05, 0.1) is 17.3 Å². The number of anilines is 1. The van der Waals surface area contributed by atoms with Crippen molar-refractivity contribution in [3.8, 4) is 0 Å². The number of sulfonamides is 1. The Kier molecular flexibility index (Phi) is 6.11. The van der Waals surface area contributed by atoms with Gasteiger partial charge in [-0.2, -0.15) is 13.2 Å². The van der Waals surface area contributed by atoms with Crippen LogP contribution in [0, 0.1) is 0 Å². The second-order valence-corrected chi connectivity index (χ2v) is 6.42. The normalized spacial score (nSPS) is 12.6. The van der Waals surface area contributed by atoms with E-state index >= 15 is 0 Å². The van der Waals surface area contributed by atoms with Crippen LogP contribution >= 0.6 is 23.2 Å².